The summed E-state index contributed by atoms with van der Waals surface area (Å²) in [7, 11) is 0. The van der Waals surface area contributed by atoms with Crippen LogP contribution in [0.4, 0.5) is 0 Å². The molecular weight excluding hydrogens is 284 g/mol. The highest BCUT2D eigenvalue weighted by Gasteiger charge is 2.11. The zero-order valence-corrected chi connectivity index (χ0v) is 12.0. The number of rotatable bonds is 4. The third-order valence-electron chi connectivity index (χ3n) is 3.28. The molecule has 3 rings (SSSR count). The van der Waals surface area contributed by atoms with Gasteiger partial charge in [-0.1, -0.05) is 60.1 Å². The van der Waals surface area contributed by atoms with Gasteiger partial charge in [-0.15, -0.1) is 0 Å². The summed E-state index contributed by atoms with van der Waals surface area (Å²) in [5.74, 6) is 0.571. The standard InChI is InChI=1S/C18H13ClO2/c19-16-10-4-3-9-15(16)17(20)12-21-18-11-5-7-13-6-1-2-8-14(13)18/h1-11H,12H2. The van der Waals surface area contributed by atoms with Crippen molar-refractivity contribution in [1.29, 1.82) is 0 Å². The molecular formula is C18H13ClO2. The Labute approximate surface area is 127 Å². The summed E-state index contributed by atoms with van der Waals surface area (Å²) in [6.07, 6.45) is 0. The molecule has 0 spiro atoms. The summed E-state index contributed by atoms with van der Waals surface area (Å²) in [5, 5.41) is 2.52. The first-order valence-corrected chi connectivity index (χ1v) is 7.02. The Bertz CT molecular complexity index is 791. The maximum atomic E-state index is 12.2. The van der Waals surface area contributed by atoms with Gasteiger partial charge in [-0.3, -0.25) is 4.79 Å². The number of benzene rings is 3. The minimum absolute atomic E-state index is 0.0300. The largest absolute Gasteiger partial charge is 0.485 e. The van der Waals surface area contributed by atoms with Gasteiger partial charge in [0, 0.05) is 10.9 Å². The van der Waals surface area contributed by atoms with E-state index in [1.54, 1.807) is 24.3 Å². The lowest BCUT2D eigenvalue weighted by molar-refractivity contribution is 0.0923. The molecule has 0 bridgehead atoms. The van der Waals surface area contributed by atoms with E-state index in [0.717, 1.165) is 10.8 Å². The second-order valence-electron chi connectivity index (χ2n) is 4.67. The van der Waals surface area contributed by atoms with Crippen molar-refractivity contribution in [2.45, 2.75) is 0 Å². The topological polar surface area (TPSA) is 26.3 Å². The Morgan fingerprint density at radius 3 is 2.48 bits per heavy atom. The average molecular weight is 297 g/mol. The van der Waals surface area contributed by atoms with Crippen LogP contribution in [0.5, 0.6) is 5.75 Å². The van der Waals surface area contributed by atoms with Crippen molar-refractivity contribution in [3.05, 3.63) is 77.3 Å². The first kappa shape index (κ1) is 13.7. The second kappa shape index (κ2) is 5.98. The predicted octanol–water partition coefficient (Wildman–Crippen LogP) is 4.75. The molecule has 0 aliphatic rings. The van der Waals surface area contributed by atoms with Gasteiger partial charge in [-0.2, -0.15) is 0 Å². The third kappa shape index (κ3) is 2.91. The van der Waals surface area contributed by atoms with Crippen LogP contribution < -0.4 is 4.74 Å². The SMILES string of the molecule is O=C(COc1cccc2ccccc12)c1ccccc1Cl. The number of ketones is 1. The zero-order valence-electron chi connectivity index (χ0n) is 11.3. The molecule has 0 heterocycles. The van der Waals surface area contributed by atoms with E-state index in [1.807, 2.05) is 42.5 Å². The number of fused-ring (bicyclic) bond motifs is 1. The third-order valence-corrected chi connectivity index (χ3v) is 3.61. The van der Waals surface area contributed by atoms with Crippen LogP contribution in [0.3, 0.4) is 0 Å². The summed E-state index contributed by atoms with van der Waals surface area (Å²) >= 11 is 6.02. The van der Waals surface area contributed by atoms with E-state index in [4.69, 9.17) is 16.3 Å². The van der Waals surface area contributed by atoms with E-state index in [1.165, 1.54) is 0 Å². The fourth-order valence-corrected chi connectivity index (χ4v) is 2.47. The van der Waals surface area contributed by atoms with Crippen molar-refractivity contribution in [2.75, 3.05) is 6.61 Å². The Kier molecular flexibility index (Phi) is 3.89. The summed E-state index contributed by atoms with van der Waals surface area (Å²) in [5.41, 5.74) is 0.486. The van der Waals surface area contributed by atoms with Gasteiger partial charge in [0.25, 0.3) is 0 Å². The molecule has 2 nitrogen and oxygen atoms in total. The van der Waals surface area contributed by atoms with Gasteiger partial charge in [0.2, 0.25) is 5.78 Å². The Hall–Kier alpha value is -2.32. The van der Waals surface area contributed by atoms with Crippen LogP contribution in [0.15, 0.2) is 66.7 Å². The van der Waals surface area contributed by atoms with Gasteiger partial charge in [0.1, 0.15) is 5.75 Å². The van der Waals surface area contributed by atoms with Crippen LogP contribution in [0, 0.1) is 0 Å². The molecule has 0 N–H and O–H groups in total. The zero-order chi connectivity index (χ0) is 14.7. The lowest BCUT2D eigenvalue weighted by Crippen LogP contribution is -2.12. The summed E-state index contributed by atoms with van der Waals surface area (Å²) in [6.45, 7) is -0.0300. The van der Waals surface area contributed by atoms with Crippen molar-refractivity contribution < 1.29 is 9.53 Å². The maximum absolute atomic E-state index is 12.2. The molecule has 0 aromatic heterocycles. The number of Topliss-reactive ketones (excluding diaryl/α,β-unsaturated/α-hetero) is 1. The molecule has 0 fully saturated rings. The molecule has 0 amide bonds. The lowest BCUT2D eigenvalue weighted by Gasteiger charge is -2.09. The molecule has 0 radical (unpaired) electrons. The minimum Gasteiger partial charge on any atom is -0.485 e. The molecule has 0 saturated carbocycles. The van der Waals surface area contributed by atoms with Crippen LogP contribution >= 0.6 is 11.6 Å². The normalized spacial score (nSPS) is 10.5. The highest BCUT2D eigenvalue weighted by molar-refractivity contribution is 6.34. The van der Waals surface area contributed by atoms with E-state index in [2.05, 4.69) is 0 Å². The molecule has 3 aromatic carbocycles. The summed E-state index contributed by atoms with van der Waals surface area (Å²) in [6, 6.07) is 20.7. The van der Waals surface area contributed by atoms with Crippen LogP contribution in [0.1, 0.15) is 10.4 Å². The van der Waals surface area contributed by atoms with Crippen LogP contribution in [-0.2, 0) is 0 Å². The van der Waals surface area contributed by atoms with Gasteiger partial charge in [0.05, 0.1) is 5.02 Å². The van der Waals surface area contributed by atoms with Gasteiger partial charge in [-0.25, -0.2) is 0 Å². The van der Waals surface area contributed by atoms with Crippen LogP contribution in [0.25, 0.3) is 10.8 Å². The van der Waals surface area contributed by atoms with E-state index >= 15 is 0 Å². The molecule has 0 saturated heterocycles. The second-order valence-corrected chi connectivity index (χ2v) is 5.08. The molecule has 21 heavy (non-hydrogen) atoms. The number of hydrogen-bond acceptors (Lipinski definition) is 2. The fourth-order valence-electron chi connectivity index (χ4n) is 2.23. The van der Waals surface area contributed by atoms with Crippen molar-refractivity contribution >= 4 is 28.2 Å². The minimum atomic E-state index is -0.131. The number of carbonyl (C=O) groups excluding carboxylic acids is 1. The Morgan fingerprint density at radius 1 is 0.905 bits per heavy atom. The van der Waals surface area contributed by atoms with E-state index in [0.29, 0.717) is 16.3 Å². The first-order chi connectivity index (χ1) is 10.3. The van der Waals surface area contributed by atoms with Crippen molar-refractivity contribution in [3.63, 3.8) is 0 Å². The van der Waals surface area contributed by atoms with Crippen molar-refractivity contribution in [2.24, 2.45) is 0 Å². The van der Waals surface area contributed by atoms with E-state index in [9.17, 15) is 4.79 Å². The van der Waals surface area contributed by atoms with Gasteiger partial charge in [-0.05, 0) is 23.6 Å². The Balaban J connectivity index is 1.81. The molecule has 0 unspecified atom stereocenters. The van der Waals surface area contributed by atoms with Crippen LogP contribution in [-0.4, -0.2) is 12.4 Å². The molecule has 0 aliphatic heterocycles. The number of ether oxygens (including phenoxy) is 1. The predicted molar refractivity (Wildman–Crippen MR) is 85.2 cm³/mol. The maximum Gasteiger partial charge on any atom is 0.201 e. The highest BCUT2D eigenvalue weighted by Crippen LogP contribution is 2.25. The molecule has 104 valence electrons. The molecule has 0 aliphatic carbocycles. The number of hydrogen-bond donors (Lipinski definition) is 0. The van der Waals surface area contributed by atoms with Gasteiger partial charge < -0.3 is 4.74 Å². The smallest absolute Gasteiger partial charge is 0.201 e. The number of halogens is 1. The first-order valence-electron chi connectivity index (χ1n) is 6.64. The van der Waals surface area contributed by atoms with Gasteiger partial charge >= 0.3 is 0 Å². The molecule has 3 heteroatoms. The summed E-state index contributed by atoms with van der Waals surface area (Å²) in [4.78, 5) is 12.2. The van der Waals surface area contributed by atoms with Crippen molar-refractivity contribution in [1.82, 2.24) is 0 Å². The fraction of sp³-hybridized carbons (Fsp3) is 0.0556. The van der Waals surface area contributed by atoms with Crippen LogP contribution in [0.2, 0.25) is 5.02 Å². The van der Waals surface area contributed by atoms with Gasteiger partial charge in [0.15, 0.2) is 6.61 Å². The number of carbonyl (C=O) groups is 1. The molecule has 0 atom stereocenters. The highest BCUT2D eigenvalue weighted by atomic mass is 35.5. The lowest BCUT2D eigenvalue weighted by atomic mass is 10.1. The molecule has 3 aromatic rings. The Morgan fingerprint density at radius 2 is 1.62 bits per heavy atom. The summed E-state index contributed by atoms with van der Waals surface area (Å²) < 4.78 is 5.68. The quantitative estimate of drug-likeness (QED) is 0.649. The van der Waals surface area contributed by atoms with E-state index < -0.39 is 0 Å². The van der Waals surface area contributed by atoms with E-state index in [-0.39, 0.29) is 12.4 Å². The average Bonchev–Trinajstić information content (AvgIpc) is 2.53. The van der Waals surface area contributed by atoms with Crippen molar-refractivity contribution in [3.8, 4) is 5.75 Å². The monoisotopic (exact) mass is 296 g/mol.